The van der Waals surface area contributed by atoms with Crippen LogP contribution < -0.4 is 0 Å². The molecule has 2 aliphatic rings. The summed E-state index contributed by atoms with van der Waals surface area (Å²) in [4.78, 5) is 14.1. The number of aliphatic hydroxyl groups is 1. The fourth-order valence-electron chi connectivity index (χ4n) is 4.43. The lowest BCUT2D eigenvalue weighted by atomic mass is 9.99. The molecule has 2 saturated heterocycles. The largest absolute Gasteiger partial charge is 0.392 e. The second-order valence-electron chi connectivity index (χ2n) is 8.37. The van der Waals surface area contributed by atoms with Gasteiger partial charge in [-0.3, -0.25) is 9.80 Å². The second kappa shape index (κ2) is 8.05. The Bertz CT molecular complexity index is 734. The van der Waals surface area contributed by atoms with Crippen LogP contribution in [0.5, 0.6) is 0 Å². The quantitative estimate of drug-likeness (QED) is 0.881. The highest BCUT2D eigenvalue weighted by atomic mass is 16.3. The zero-order chi connectivity index (χ0) is 18.8. The molecule has 4 rings (SSSR count). The number of piperazine rings is 1. The molecule has 0 amide bonds. The molecule has 144 valence electrons. The van der Waals surface area contributed by atoms with Gasteiger partial charge in [-0.05, 0) is 18.4 Å². The van der Waals surface area contributed by atoms with E-state index in [-0.39, 0.29) is 6.10 Å². The third-order valence-electron chi connectivity index (χ3n) is 5.85. The van der Waals surface area contributed by atoms with E-state index in [9.17, 15) is 5.11 Å². The van der Waals surface area contributed by atoms with Gasteiger partial charge in [0.25, 0.3) is 0 Å². The maximum atomic E-state index is 10.1. The Hall–Kier alpha value is -1.82. The third kappa shape index (κ3) is 4.37. The molecular formula is C22H30N4O. The van der Waals surface area contributed by atoms with Gasteiger partial charge in [0.05, 0.1) is 6.10 Å². The van der Waals surface area contributed by atoms with Crippen LogP contribution in [0.2, 0.25) is 0 Å². The molecular weight excluding hydrogens is 336 g/mol. The fourth-order valence-corrected chi connectivity index (χ4v) is 4.43. The van der Waals surface area contributed by atoms with Crippen molar-refractivity contribution < 1.29 is 5.11 Å². The van der Waals surface area contributed by atoms with E-state index in [4.69, 9.17) is 0 Å². The summed E-state index contributed by atoms with van der Waals surface area (Å²) >= 11 is 0. The van der Waals surface area contributed by atoms with E-state index in [1.807, 2.05) is 12.4 Å². The molecule has 2 fully saturated rings. The topological polar surface area (TPSA) is 52.5 Å². The van der Waals surface area contributed by atoms with Gasteiger partial charge in [0.1, 0.15) is 5.82 Å². The Kier molecular flexibility index (Phi) is 5.53. The average Bonchev–Trinajstić information content (AvgIpc) is 3.02. The van der Waals surface area contributed by atoms with Gasteiger partial charge in [0.15, 0.2) is 0 Å². The van der Waals surface area contributed by atoms with Crippen LogP contribution in [0.3, 0.4) is 0 Å². The number of nitrogens with zero attached hydrogens (tertiary/aromatic N) is 4. The van der Waals surface area contributed by atoms with Gasteiger partial charge in [0.2, 0.25) is 0 Å². The van der Waals surface area contributed by atoms with Crippen LogP contribution >= 0.6 is 0 Å². The highest BCUT2D eigenvalue weighted by Gasteiger charge is 2.39. The number of aromatic nitrogens is 2. The minimum absolute atomic E-state index is 0.180. The molecule has 27 heavy (non-hydrogen) atoms. The zero-order valence-corrected chi connectivity index (χ0v) is 16.3. The van der Waals surface area contributed by atoms with Crippen LogP contribution in [-0.4, -0.2) is 62.7 Å². The Morgan fingerprint density at radius 1 is 1.04 bits per heavy atom. The van der Waals surface area contributed by atoms with Crippen molar-refractivity contribution in [3.63, 3.8) is 0 Å². The van der Waals surface area contributed by atoms with Crippen molar-refractivity contribution in [1.29, 1.82) is 0 Å². The highest BCUT2D eigenvalue weighted by Crippen LogP contribution is 2.27. The lowest BCUT2D eigenvalue weighted by molar-refractivity contribution is 0.0443. The summed E-state index contributed by atoms with van der Waals surface area (Å²) in [6.07, 6.45) is 5.71. The van der Waals surface area contributed by atoms with Crippen LogP contribution in [0.1, 0.15) is 43.1 Å². The van der Waals surface area contributed by atoms with E-state index in [1.54, 1.807) is 0 Å². The summed E-state index contributed by atoms with van der Waals surface area (Å²) in [5, 5.41) is 10.1. The Balaban J connectivity index is 1.51. The van der Waals surface area contributed by atoms with Crippen LogP contribution in [0.15, 0.2) is 42.7 Å². The van der Waals surface area contributed by atoms with E-state index in [0.717, 1.165) is 44.8 Å². The molecule has 1 aromatic heterocycles. The molecule has 0 radical (unpaired) electrons. The molecule has 0 spiro atoms. The molecule has 2 aliphatic heterocycles. The van der Waals surface area contributed by atoms with Crippen LogP contribution in [0.25, 0.3) is 0 Å². The van der Waals surface area contributed by atoms with E-state index >= 15 is 0 Å². The summed E-state index contributed by atoms with van der Waals surface area (Å²) in [5.74, 6) is 1.26. The first-order valence-corrected chi connectivity index (χ1v) is 10.1. The van der Waals surface area contributed by atoms with Gasteiger partial charge >= 0.3 is 0 Å². The van der Waals surface area contributed by atoms with Crippen LogP contribution in [0.4, 0.5) is 0 Å². The first kappa shape index (κ1) is 18.5. The molecule has 0 bridgehead atoms. The second-order valence-corrected chi connectivity index (χ2v) is 8.37. The summed E-state index contributed by atoms with van der Waals surface area (Å²) < 4.78 is 0. The molecule has 1 N–H and O–H groups in total. The van der Waals surface area contributed by atoms with Crippen molar-refractivity contribution >= 4 is 0 Å². The number of hydrogen-bond acceptors (Lipinski definition) is 5. The Morgan fingerprint density at radius 3 is 2.48 bits per heavy atom. The number of benzene rings is 1. The molecule has 2 aromatic rings. The van der Waals surface area contributed by atoms with Crippen molar-refractivity contribution in [2.75, 3.05) is 19.6 Å². The molecule has 1 aromatic carbocycles. The van der Waals surface area contributed by atoms with Crippen LogP contribution in [-0.2, 0) is 13.0 Å². The summed E-state index contributed by atoms with van der Waals surface area (Å²) in [6.45, 7) is 7.94. The molecule has 3 atom stereocenters. The fraction of sp³-hybridized carbons (Fsp3) is 0.545. The highest BCUT2D eigenvalue weighted by molar-refractivity contribution is 5.17. The maximum Gasteiger partial charge on any atom is 0.130 e. The number of aliphatic hydroxyl groups excluding tert-OH is 1. The third-order valence-corrected chi connectivity index (χ3v) is 5.85. The summed E-state index contributed by atoms with van der Waals surface area (Å²) in [5.41, 5.74) is 2.54. The minimum atomic E-state index is -0.180. The summed E-state index contributed by atoms with van der Waals surface area (Å²) in [7, 11) is 0. The minimum Gasteiger partial charge on any atom is -0.392 e. The van der Waals surface area contributed by atoms with Gasteiger partial charge in [-0.2, -0.15) is 0 Å². The van der Waals surface area contributed by atoms with Crippen molar-refractivity contribution in [1.82, 2.24) is 19.8 Å². The molecule has 0 aliphatic carbocycles. The van der Waals surface area contributed by atoms with E-state index in [1.165, 1.54) is 11.1 Å². The number of fused-ring (bicyclic) bond motifs is 1. The van der Waals surface area contributed by atoms with Crippen molar-refractivity contribution in [3.05, 3.63) is 59.7 Å². The van der Waals surface area contributed by atoms with Crippen molar-refractivity contribution in [3.8, 4) is 0 Å². The molecule has 3 heterocycles. The van der Waals surface area contributed by atoms with E-state index < -0.39 is 0 Å². The predicted octanol–water partition coefficient (Wildman–Crippen LogP) is 2.46. The van der Waals surface area contributed by atoms with Gasteiger partial charge in [0, 0.05) is 62.1 Å². The standard InChI is InChI=1S/C22H30N4O/c1-16(2)22-23-10-18(11-24-22)12-25-14-20-9-21(27)15-26(20)13-19(25)8-17-6-4-3-5-7-17/h3-7,10-11,16,19-21,27H,8-9,12-15H2,1-2H3/t19-,20+,21-/m1/s1. The monoisotopic (exact) mass is 366 g/mol. The van der Waals surface area contributed by atoms with Crippen molar-refractivity contribution in [2.24, 2.45) is 0 Å². The van der Waals surface area contributed by atoms with Gasteiger partial charge in [-0.25, -0.2) is 9.97 Å². The first-order valence-electron chi connectivity index (χ1n) is 10.1. The van der Waals surface area contributed by atoms with E-state index in [2.05, 4.69) is 63.9 Å². The van der Waals surface area contributed by atoms with Gasteiger partial charge in [-0.15, -0.1) is 0 Å². The number of rotatable bonds is 5. The van der Waals surface area contributed by atoms with Crippen molar-refractivity contribution in [2.45, 2.75) is 57.3 Å². The smallest absolute Gasteiger partial charge is 0.130 e. The summed E-state index contributed by atoms with van der Waals surface area (Å²) in [6, 6.07) is 11.6. The maximum absolute atomic E-state index is 10.1. The SMILES string of the molecule is CC(C)c1ncc(CN2C[C@@H]3C[C@@H](O)CN3C[C@H]2Cc2ccccc2)cn1. The zero-order valence-electron chi connectivity index (χ0n) is 16.3. The van der Waals surface area contributed by atoms with Gasteiger partial charge in [-0.1, -0.05) is 44.2 Å². The average molecular weight is 367 g/mol. The molecule has 5 heteroatoms. The number of hydrogen-bond donors (Lipinski definition) is 1. The predicted molar refractivity (Wildman–Crippen MR) is 106 cm³/mol. The van der Waals surface area contributed by atoms with Gasteiger partial charge < -0.3 is 5.11 Å². The molecule has 5 nitrogen and oxygen atoms in total. The lowest BCUT2D eigenvalue weighted by Gasteiger charge is -2.43. The lowest BCUT2D eigenvalue weighted by Crippen LogP contribution is -2.56. The molecule has 0 unspecified atom stereocenters. The molecule has 0 saturated carbocycles. The Labute approximate surface area is 162 Å². The van der Waals surface area contributed by atoms with E-state index in [0.29, 0.717) is 18.0 Å². The first-order chi connectivity index (χ1) is 13.1. The normalized spacial score (nSPS) is 26.4. The van der Waals surface area contributed by atoms with Crippen LogP contribution in [0, 0.1) is 0 Å². The Morgan fingerprint density at radius 2 is 1.78 bits per heavy atom.